The fourth-order valence-electron chi connectivity index (χ4n) is 1.64. The summed E-state index contributed by atoms with van der Waals surface area (Å²) in [6.45, 7) is 1.72. The van der Waals surface area contributed by atoms with Crippen molar-refractivity contribution in [1.82, 2.24) is 4.98 Å². The van der Waals surface area contributed by atoms with E-state index in [1.807, 2.05) is 0 Å². The third kappa shape index (κ3) is 2.75. The van der Waals surface area contributed by atoms with E-state index >= 15 is 0 Å². The lowest BCUT2D eigenvalue weighted by molar-refractivity contribution is 0.594. The Balaban J connectivity index is 2.54. The van der Waals surface area contributed by atoms with Crippen LogP contribution < -0.4 is 4.31 Å². The number of sulfonamides is 1. The lowest BCUT2D eigenvalue weighted by atomic mass is 10.2. The van der Waals surface area contributed by atoms with E-state index in [1.165, 1.54) is 25.4 Å². The molecule has 0 unspecified atom stereocenters. The molecule has 0 saturated carbocycles. The van der Waals surface area contributed by atoms with Gasteiger partial charge in [-0.1, -0.05) is 29.3 Å². The van der Waals surface area contributed by atoms with Gasteiger partial charge in [0.2, 0.25) is 0 Å². The zero-order valence-electron chi connectivity index (χ0n) is 10.8. The smallest absolute Gasteiger partial charge is 0.253 e. The summed E-state index contributed by atoms with van der Waals surface area (Å²) in [7, 11) is -2.35. The molecule has 0 saturated heterocycles. The zero-order valence-corrected chi connectivity index (χ0v) is 13.2. The number of anilines is 1. The molecule has 20 heavy (non-hydrogen) atoms. The fourth-order valence-corrected chi connectivity index (χ4v) is 3.60. The van der Waals surface area contributed by atoms with Crippen molar-refractivity contribution in [3.05, 3.63) is 52.1 Å². The van der Waals surface area contributed by atoms with Gasteiger partial charge in [-0.3, -0.25) is 4.31 Å². The highest BCUT2D eigenvalue weighted by molar-refractivity contribution is 7.92. The summed E-state index contributed by atoms with van der Waals surface area (Å²) in [4.78, 5) is 4.03. The first-order valence-electron chi connectivity index (χ1n) is 5.69. The number of aromatic nitrogens is 1. The molecule has 0 amide bonds. The normalized spacial score (nSPS) is 11.4. The maximum atomic E-state index is 12.6. The predicted molar refractivity (Wildman–Crippen MR) is 81.0 cm³/mol. The molecule has 0 spiro atoms. The predicted octanol–water partition coefficient (Wildman–Crippen LogP) is 3.52. The topological polar surface area (TPSA) is 50.3 Å². The van der Waals surface area contributed by atoms with E-state index in [1.54, 1.807) is 25.1 Å². The number of pyridine rings is 1. The average Bonchev–Trinajstić information content (AvgIpc) is 2.42. The van der Waals surface area contributed by atoms with Crippen molar-refractivity contribution in [3.8, 4) is 0 Å². The van der Waals surface area contributed by atoms with Crippen molar-refractivity contribution >= 4 is 39.0 Å². The van der Waals surface area contributed by atoms with Gasteiger partial charge < -0.3 is 0 Å². The molecule has 0 bridgehead atoms. The van der Waals surface area contributed by atoms with Crippen molar-refractivity contribution in [2.75, 3.05) is 11.4 Å². The molecule has 7 heteroatoms. The van der Waals surface area contributed by atoms with Crippen LogP contribution in [0.1, 0.15) is 5.56 Å². The van der Waals surface area contributed by atoms with Crippen LogP contribution in [0.4, 0.5) is 5.82 Å². The largest absolute Gasteiger partial charge is 0.266 e. The van der Waals surface area contributed by atoms with Gasteiger partial charge in [-0.15, -0.1) is 0 Å². The highest BCUT2D eigenvalue weighted by Crippen LogP contribution is 2.31. The van der Waals surface area contributed by atoms with Crippen LogP contribution in [-0.4, -0.2) is 20.4 Å². The highest BCUT2D eigenvalue weighted by Gasteiger charge is 2.25. The van der Waals surface area contributed by atoms with Crippen molar-refractivity contribution in [2.45, 2.75) is 11.8 Å². The Morgan fingerprint density at radius 1 is 1.15 bits per heavy atom. The van der Waals surface area contributed by atoms with Crippen molar-refractivity contribution in [1.29, 1.82) is 0 Å². The van der Waals surface area contributed by atoms with Gasteiger partial charge in [-0.25, -0.2) is 13.4 Å². The van der Waals surface area contributed by atoms with Gasteiger partial charge in [-0.2, -0.15) is 0 Å². The van der Waals surface area contributed by atoms with Crippen LogP contribution in [0.2, 0.25) is 10.0 Å². The van der Waals surface area contributed by atoms with Crippen LogP contribution in [0.3, 0.4) is 0 Å². The third-order valence-electron chi connectivity index (χ3n) is 2.82. The van der Waals surface area contributed by atoms with Crippen molar-refractivity contribution in [2.24, 2.45) is 0 Å². The van der Waals surface area contributed by atoms with Gasteiger partial charge in [0.25, 0.3) is 10.0 Å². The van der Waals surface area contributed by atoms with Crippen LogP contribution in [0.5, 0.6) is 0 Å². The number of benzene rings is 1. The molecule has 2 rings (SSSR count). The van der Waals surface area contributed by atoms with Crippen LogP contribution in [-0.2, 0) is 10.0 Å². The SMILES string of the molecule is Cc1cc(S(=O)(=O)N(C)c2ccccn2)c(Cl)cc1Cl. The lowest BCUT2D eigenvalue weighted by Crippen LogP contribution is -2.27. The molecule has 0 aliphatic carbocycles. The Morgan fingerprint density at radius 2 is 1.85 bits per heavy atom. The molecule has 0 radical (unpaired) electrons. The molecule has 1 heterocycles. The number of hydrogen-bond acceptors (Lipinski definition) is 3. The quantitative estimate of drug-likeness (QED) is 0.865. The van der Waals surface area contributed by atoms with Gasteiger partial charge >= 0.3 is 0 Å². The van der Waals surface area contributed by atoms with Crippen molar-refractivity contribution in [3.63, 3.8) is 0 Å². The van der Waals surface area contributed by atoms with E-state index in [-0.39, 0.29) is 9.92 Å². The molecule has 1 aromatic carbocycles. The van der Waals surface area contributed by atoms with E-state index in [0.717, 1.165) is 4.31 Å². The maximum absolute atomic E-state index is 12.6. The van der Waals surface area contributed by atoms with E-state index < -0.39 is 10.0 Å². The summed E-state index contributed by atoms with van der Waals surface area (Å²) < 4.78 is 26.2. The minimum Gasteiger partial charge on any atom is -0.253 e. The first-order valence-corrected chi connectivity index (χ1v) is 7.89. The summed E-state index contributed by atoms with van der Waals surface area (Å²) >= 11 is 11.9. The number of halogens is 2. The standard InChI is InChI=1S/C13H12Cl2N2O2S/c1-9-7-12(11(15)8-10(9)14)20(18,19)17(2)13-5-3-4-6-16-13/h3-8H,1-2H3. The zero-order chi connectivity index (χ0) is 14.9. The number of aryl methyl sites for hydroxylation is 1. The Hall–Kier alpha value is -1.30. The molecule has 0 fully saturated rings. The highest BCUT2D eigenvalue weighted by atomic mass is 35.5. The van der Waals surface area contributed by atoms with E-state index in [4.69, 9.17) is 23.2 Å². The molecule has 2 aromatic rings. The monoisotopic (exact) mass is 330 g/mol. The van der Waals surface area contributed by atoms with Gasteiger partial charge in [-0.05, 0) is 36.8 Å². The Bertz CT molecular complexity index is 734. The summed E-state index contributed by atoms with van der Waals surface area (Å²) in [6, 6.07) is 7.91. The first-order chi connectivity index (χ1) is 9.34. The van der Waals surface area contributed by atoms with Gasteiger partial charge in [0, 0.05) is 18.3 Å². The van der Waals surface area contributed by atoms with Crippen LogP contribution in [0, 0.1) is 6.92 Å². The molecule has 4 nitrogen and oxygen atoms in total. The summed E-state index contributed by atoms with van der Waals surface area (Å²) in [5.41, 5.74) is 0.643. The van der Waals surface area contributed by atoms with Gasteiger partial charge in [0.15, 0.2) is 0 Å². The minimum atomic E-state index is -3.78. The number of hydrogen-bond donors (Lipinski definition) is 0. The van der Waals surface area contributed by atoms with Crippen LogP contribution in [0.15, 0.2) is 41.4 Å². The number of nitrogens with zero attached hydrogens (tertiary/aromatic N) is 2. The van der Waals surface area contributed by atoms with Crippen molar-refractivity contribution < 1.29 is 8.42 Å². The molecule has 0 aliphatic rings. The average molecular weight is 331 g/mol. The Labute approximate surface area is 128 Å². The first kappa shape index (κ1) is 15.1. The Morgan fingerprint density at radius 3 is 2.45 bits per heavy atom. The van der Waals surface area contributed by atoms with E-state index in [0.29, 0.717) is 16.4 Å². The molecular formula is C13H12Cl2N2O2S. The lowest BCUT2D eigenvalue weighted by Gasteiger charge is -2.19. The third-order valence-corrected chi connectivity index (χ3v) is 5.46. The van der Waals surface area contributed by atoms with E-state index in [9.17, 15) is 8.42 Å². The summed E-state index contributed by atoms with van der Waals surface area (Å²) in [5, 5.41) is 0.512. The molecular weight excluding hydrogens is 319 g/mol. The molecule has 1 aromatic heterocycles. The molecule has 0 atom stereocenters. The molecule has 0 N–H and O–H groups in total. The minimum absolute atomic E-state index is 0.00854. The molecule has 0 aliphatic heterocycles. The van der Waals surface area contributed by atoms with Crippen LogP contribution in [0.25, 0.3) is 0 Å². The maximum Gasteiger partial charge on any atom is 0.266 e. The van der Waals surface area contributed by atoms with E-state index in [2.05, 4.69) is 4.98 Å². The second-order valence-corrected chi connectivity index (χ2v) is 6.94. The second kappa shape index (κ2) is 5.60. The number of rotatable bonds is 3. The van der Waals surface area contributed by atoms with Gasteiger partial charge in [0.05, 0.1) is 5.02 Å². The van der Waals surface area contributed by atoms with Gasteiger partial charge in [0.1, 0.15) is 10.7 Å². The van der Waals surface area contributed by atoms with Crippen LogP contribution >= 0.6 is 23.2 Å². The molecule has 106 valence electrons. The Kier molecular flexibility index (Phi) is 4.22. The second-order valence-electron chi connectivity index (χ2n) is 4.19. The fraction of sp³-hybridized carbons (Fsp3) is 0.154. The summed E-state index contributed by atoms with van der Waals surface area (Å²) in [5.74, 6) is 0.316. The summed E-state index contributed by atoms with van der Waals surface area (Å²) in [6.07, 6.45) is 1.52.